The van der Waals surface area contributed by atoms with Gasteiger partial charge < -0.3 is 14.5 Å². The lowest BCUT2D eigenvalue weighted by atomic mass is 10.1. The van der Waals surface area contributed by atoms with Gasteiger partial charge in [0.15, 0.2) is 0 Å². The van der Waals surface area contributed by atoms with E-state index >= 15 is 0 Å². The van der Waals surface area contributed by atoms with E-state index in [-0.39, 0.29) is 19.0 Å². The molecule has 0 aliphatic heterocycles. The van der Waals surface area contributed by atoms with Crippen LogP contribution in [0.5, 0.6) is 5.75 Å². The number of nitrogens with one attached hydrogen (secondary N) is 1. The van der Waals surface area contributed by atoms with Crippen LogP contribution in [-0.4, -0.2) is 24.2 Å². The summed E-state index contributed by atoms with van der Waals surface area (Å²) in [5.74, 6) is 0.533. The maximum atomic E-state index is 11.9. The average molecular weight is 309 g/mol. The number of esters is 1. The van der Waals surface area contributed by atoms with Crippen LogP contribution in [0.1, 0.15) is 11.1 Å². The van der Waals surface area contributed by atoms with Gasteiger partial charge >= 0.3 is 5.97 Å². The molecule has 3 rings (SSSR count). The predicted octanol–water partition coefficient (Wildman–Crippen LogP) is 3.64. The van der Waals surface area contributed by atoms with Crippen LogP contribution in [0.2, 0.25) is 0 Å². The zero-order valence-electron chi connectivity index (χ0n) is 13.0. The van der Waals surface area contributed by atoms with Crippen molar-refractivity contribution in [1.29, 1.82) is 0 Å². The molecule has 4 heteroatoms. The Hall–Kier alpha value is -2.75. The number of aryl methyl sites for hydroxylation is 1. The maximum Gasteiger partial charge on any atom is 0.310 e. The minimum absolute atomic E-state index is 0.245. The number of fused-ring (bicyclic) bond motifs is 1. The summed E-state index contributed by atoms with van der Waals surface area (Å²) in [5, 5.41) is 1.06. The first-order chi connectivity index (χ1) is 11.2. The van der Waals surface area contributed by atoms with Crippen molar-refractivity contribution in [2.45, 2.75) is 13.3 Å². The van der Waals surface area contributed by atoms with E-state index in [9.17, 15) is 4.79 Å². The number of para-hydroxylation sites is 1. The fourth-order valence-electron chi connectivity index (χ4n) is 2.43. The molecule has 3 aromatic rings. The predicted molar refractivity (Wildman–Crippen MR) is 89.6 cm³/mol. The summed E-state index contributed by atoms with van der Waals surface area (Å²) >= 11 is 0. The first-order valence-corrected chi connectivity index (χ1v) is 7.62. The Morgan fingerprint density at radius 1 is 1.04 bits per heavy atom. The number of carbonyl (C=O) groups excluding carboxylic acids is 1. The van der Waals surface area contributed by atoms with E-state index in [1.165, 1.54) is 5.56 Å². The molecule has 0 saturated carbocycles. The van der Waals surface area contributed by atoms with Crippen LogP contribution in [0.4, 0.5) is 0 Å². The van der Waals surface area contributed by atoms with E-state index in [0.717, 1.165) is 22.2 Å². The molecule has 0 spiro atoms. The van der Waals surface area contributed by atoms with E-state index in [0.29, 0.717) is 6.61 Å². The summed E-state index contributed by atoms with van der Waals surface area (Å²) in [4.78, 5) is 15.1. The molecule has 4 nitrogen and oxygen atoms in total. The van der Waals surface area contributed by atoms with Crippen molar-refractivity contribution in [2.24, 2.45) is 0 Å². The molecule has 1 N–H and O–H groups in total. The van der Waals surface area contributed by atoms with Crippen LogP contribution in [0.3, 0.4) is 0 Å². The van der Waals surface area contributed by atoms with Gasteiger partial charge in [-0.3, -0.25) is 4.79 Å². The molecular formula is C19H19NO3. The number of hydrogen-bond acceptors (Lipinski definition) is 3. The molecule has 0 aliphatic rings. The highest BCUT2D eigenvalue weighted by molar-refractivity contribution is 5.87. The largest absolute Gasteiger partial charge is 0.490 e. The van der Waals surface area contributed by atoms with Gasteiger partial charge in [0.05, 0.1) is 6.42 Å². The molecule has 23 heavy (non-hydrogen) atoms. The number of H-pyrrole nitrogens is 1. The summed E-state index contributed by atoms with van der Waals surface area (Å²) in [6, 6.07) is 15.7. The van der Waals surface area contributed by atoms with Gasteiger partial charge in [0.2, 0.25) is 0 Å². The average Bonchev–Trinajstić information content (AvgIpc) is 2.96. The first-order valence-electron chi connectivity index (χ1n) is 7.62. The molecule has 1 heterocycles. The summed E-state index contributed by atoms with van der Waals surface area (Å²) in [6.45, 7) is 2.62. The van der Waals surface area contributed by atoms with Crippen molar-refractivity contribution in [3.63, 3.8) is 0 Å². The van der Waals surface area contributed by atoms with Crippen molar-refractivity contribution < 1.29 is 14.3 Å². The lowest BCUT2D eigenvalue weighted by molar-refractivity contribution is -0.143. The lowest BCUT2D eigenvalue weighted by Gasteiger charge is -2.07. The number of carbonyl (C=O) groups is 1. The molecule has 0 saturated heterocycles. The van der Waals surface area contributed by atoms with Crippen LogP contribution < -0.4 is 4.74 Å². The topological polar surface area (TPSA) is 51.3 Å². The Balaban J connectivity index is 1.45. The van der Waals surface area contributed by atoms with E-state index in [4.69, 9.17) is 9.47 Å². The molecule has 2 aromatic carbocycles. The van der Waals surface area contributed by atoms with Gasteiger partial charge in [-0.1, -0.05) is 35.9 Å². The lowest BCUT2D eigenvalue weighted by Crippen LogP contribution is -2.13. The van der Waals surface area contributed by atoms with Crippen LogP contribution in [0.15, 0.2) is 54.7 Å². The number of aromatic nitrogens is 1. The van der Waals surface area contributed by atoms with Gasteiger partial charge in [0.25, 0.3) is 0 Å². The van der Waals surface area contributed by atoms with Crippen molar-refractivity contribution >= 4 is 16.9 Å². The second kappa shape index (κ2) is 7.01. The smallest absolute Gasteiger partial charge is 0.310 e. The molecular weight excluding hydrogens is 290 g/mol. The number of aromatic amines is 1. The van der Waals surface area contributed by atoms with Gasteiger partial charge in [0.1, 0.15) is 19.0 Å². The summed E-state index contributed by atoms with van der Waals surface area (Å²) in [6.07, 6.45) is 2.11. The molecule has 0 unspecified atom stereocenters. The fourth-order valence-corrected chi connectivity index (χ4v) is 2.43. The Labute approximate surface area is 135 Å². The third-order valence-electron chi connectivity index (χ3n) is 3.65. The third kappa shape index (κ3) is 3.92. The van der Waals surface area contributed by atoms with Gasteiger partial charge in [-0.2, -0.15) is 0 Å². The van der Waals surface area contributed by atoms with Crippen LogP contribution in [-0.2, 0) is 16.0 Å². The molecule has 0 bridgehead atoms. The first kappa shape index (κ1) is 15.2. The van der Waals surface area contributed by atoms with E-state index in [1.807, 2.05) is 61.7 Å². The normalized spacial score (nSPS) is 10.7. The van der Waals surface area contributed by atoms with Crippen LogP contribution in [0, 0.1) is 6.92 Å². The highest BCUT2D eigenvalue weighted by atomic mass is 16.6. The Bertz CT molecular complexity index is 790. The molecule has 118 valence electrons. The molecule has 0 atom stereocenters. The zero-order valence-corrected chi connectivity index (χ0v) is 13.0. The quantitative estimate of drug-likeness (QED) is 0.558. The standard InChI is InChI=1S/C19H19NO3/c1-14-6-8-16(9-7-14)22-10-11-23-19(21)12-15-13-20-18-5-3-2-4-17(15)18/h2-9,13,20H,10-12H2,1H3. The maximum absolute atomic E-state index is 11.9. The van der Waals surface area contributed by atoms with E-state index in [2.05, 4.69) is 4.98 Å². The second-order valence-electron chi connectivity index (χ2n) is 5.42. The van der Waals surface area contributed by atoms with Crippen LogP contribution >= 0.6 is 0 Å². The summed E-state index contributed by atoms with van der Waals surface area (Å²) < 4.78 is 10.8. The highest BCUT2D eigenvalue weighted by Crippen LogP contribution is 2.18. The van der Waals surface area contributed by atoms with Gasteiger partial charge in [-0.25, -0.2) is 0 Å². The molecule has 0 aliphatic carbocycles. The molecule has 1 aromatic heterocycles. The highest BCUT2D eigenvalue weighted by Gasteiger charge is 2.09. The Kier molecular flexibility index (Phi) is 4.62. The minimum atomic E-state index is -0.248. The van der Waals surface area contributed by atoms with Crippen molar-refractivity contribution in [3.05, 3.63) is 65.9 Å². The van der Waals surface area contributed by atoms with Crippen molar-refractivity contribution in [3.8, 4) is 5.75 Å². The van der Waals surface area contributed by atoms with Crippen molar-refractivity contribution in [2.75, 3.05) is 13.2 Å². The minimum Gasteiger partial charge on any atom is -0.490 e. The molecule has 0 radical (unpaired) electrons. The van der Waals surface area contributed by atoms with Gasteiger partial charge in [-0.15, -0.1) is 0 Å². The van der Waals surface area contributed by atoms with Gasteiger partial charge in [-0.05, 0) is 30.7 Å². The fraction of sp³-hybridized carbons (Fsp3) is 0.211. The third-order valence-corrected chi connectivity index (χ3v) is 3.65. The monoisotopic (exact) mass is 309 g/mol. The number of benzene rings is 2. The second-order valence-corrected chi connectivity index (χ2v) is 5.42. The number of hydrogen-bond donors (Lipinski definition) is 1. The van der Waals surface area contributed by atoms with Crippen molar-refractivity contribution in [1.82, 2.24) is 4.98 Å². The Morgan fingerprint density at radius 3 is 2.65 bits per heavy atom. The van der Waals surface area contributed by atoms with E-state index in [1.54, 1.807) is 0 Å². The molecule has 0 fully saturated rings. The van der Waals surface area contributed by atoms with E-state index < -0.39 is 0 Å². The SMILES string of the molecule is Cc1ccc(OCCOC(=O)Cc2c[nH]c3ccccc23)cc1. The van der Waals surface area contributed by atoms with Gasteiger partial charge in [0, 0.05) is 17.1 Å². The van der Waals surface area contributed by atoms with Crippen LogP contribution in [0.25, 0.3) is 10.9 Å². The number of rotatable bonds is 6. The summed E-state index contributed by atoms with van der Waals surface area (Å²) in [5.41, 5.74) is 3.16. The number of ether oxygens (including phenoxy) is 2. The Morgan fingerprint density at radius 2 is 1.83 bits per heavy atom. The summed E-state index contributed by atoms with van der Waals surface area (Å²) in [7, 11) is 0. The zero-order chi connectivity index (χ0) is 16.1. The molecule has 0 amide bonds.